The average Bonchev–Trinajstić information content (AvgIpc) is 2.37. The molecule has 4 heteroatoms. The van der Waals surface area contributed by atoms with Gasteiger partial charge in [-0.3, -0.25) is 0 Å². The summed E-state index contributed by atoms with van der Waals surface area (Å²) in [6.45, 7) is 0.362. The van der Waals surface area contributed by atoms with Crippen LogP contribution in [0.2, 0.25) is 5.02 Å². The van der Waals surface area contributed by atoms with E-state index < -0.39 is 0 Å². The summed E-state index contributed by atoms with van der Waals surface area (Å²) in [6.07, 6.45) is 1.56. The number of rotatable bonds is 3. The van der Waals surface area contributed by atoms with Gasteiger partial charge < -0.3 is 4.74 Å². The first kappa shape index (κ1) is 11.4. The number of aromatic nitrogens is 1. The summed E-state index contributed by atoms with van der Waals surface area (Å²) in [5.41, 5.74) is 1.24. The van der Waals surface area contributed by atoms with Crippen LogP contribution in [0.4, 0.5) is 0 Å². The van der Waals surface area contributed by atoms with E-state index in [0.717, 1.165) is 5.56 Å². The monoisotopic (exact) mass is 244 g/mol. The normalized spacial score (nSPS) is 9.65. The first-order chi connectivity index (χ1) is 8.29. The fourth-order valence-corrected chi connectivity index (χ4v) is 1.59. The number of nitriles is 1. The number of ether oxygens (including phenoxy) is 1. The van der Waals surface area contributed by atoms with Gasteiger partial charge in [-0.05, 0) is 29.8 Å². The predicted molar refractivity (Wildman–Crippen MR) is 64.7 cm³/mol. The van der Waals surface area contributed by atoms with Gasteiger partial charge in [0.05, 0.1) is 0 Å². The molecule has 0 N–H and O–H groups in total. The Balaban J connectivity index is 2.10. The van der Waals surface area contributed by atoms with Gasteiger partial charge in [-0.1, -0.05) is 23.7 Å². The van der Waals surface area contributed by atoms with E-state index in [1.165, 1.54) is 0 Å². The molecule has 3 nitrogen and oxygen atoms in total. The summed E-state index contributed by atoms with van der Waals surface area (Å²) in [5, 5.41) is 9.51. The van der Waals surface area contributed by atoms with E-state index in [2.05, 4.69) is 4.98 Å². The zero-order chi connectivity index (χ0) is 12.1. The second kappa shape index (κ2) is 5.33. The third-order valence-electron chi connectivity index (χ3n) is 2.16. The molecular formula is C13H9ClN2O. The second-order valence-electron chi connectivity index (χ2n) is 3.38. The Morgan fingerprint density at radius 3 is 2.94 bits per heavy atom. The first-order valence-electron chi connectivity index (χ1n) is 5.02. The van der Waals surface area contributed by atoms with Gasteiger partial charge in [-0.15, -0.1) is 0 Å². The van der Waals surface area contributed by atoms with Gasteiger partial charge in [0.2, 0.25) is 0 Å². The first-order valence-corrected chi connectivity index (χ1v) is 5.40. The third kappa shape index (κ3) is 2.96. The molecule has 0 fully saturated rings. The van der Waals surface area contributed by atoms with E-state index in [9.17, 15) is 0 Å². The molecule has 0 aliphatic rings. The van der Waals surface area contributed by atoms with E-state index in [0.29, 0.717) is 17.4 Å². The molecule has 17 heavy (non-hydrogen) atoms. The van der Waals surface area contributed by atoms with Crippen LogP contribution in [0, 0.1) is 11.3 Å². The lowest BCUT2D eigenvalue weighted by atomic mass is 10.2. The van der Waals surface area contributed by atoms with Crippen LogP contribution >= 0.6 is 11.6 Å². The standard InChI is InChI=1S/C13H9ClN2O/c14-11-4-1-3-10(7-11)9-17-13-5-2-6-16-12(13)8-15/h1-7H,9H2. The van der Waals surface area contributed by atoms with Crippen molar-refractivity contribution >= 4 is 11.6 Å². The van der Waals surface area contributed by atoms with Gasteiger partial charge in [0, 0.05) is 11.2 Å². The topological polar surface area (TPSA) is 45.9 Å². The maximum atomic E-state index is 8.85. The predicted octanol–water partition coefficient (Wildman–Crippen LogP) is 3.19. The molecule has 0 aliphatic carbocycles. The number of nitrogens with zero attached hydrogens (tertiary/aromatic N) is 2. The second-order valence-corrected chi connectivity index (χ2v) is 3.82. The summed E-state index contributed by atoms with van der Waals surface area (Å²) in [7, 11) is 0. The van der Waals surface area contributed by atoms with Gasteiger partial charge in [-0.25, -0.2) is 4.98 Å². The highest BCUT2D eigenvalue weighted by molar-refractivity contribution is 6.30. The number of halogens is 1. The molecule has 1 heterocycles. The van der Waals surface area contributed by atoms with Gasteiger partial charge in [-0.2, -0.15) is 5.26 Å². The number of benzene rings is 1. The Morgan fingerprint density at radius 1 is 1.29 bits per heavy atom. The van der Waals surface area contributed by atoms with Crippen LogP contribution < -0.4 is 4.74 Å². The molecule has 2 rings (SSSR count). The Labute approximate surface area is 104 Å². The smallest absolute Gasteiger partial charge is 0.182 e. The van der Waals surface area contributed by atoms with Crippen molar-refractivity contribution in [3.63, 3.8) is 0 Å². The van der Waals surface area contributed by atoms with Gasteiger partial charge >= 0.3 is 0 Å². The van der Waals surface area contributed by atoms with E-state index in [1.54, 1.807) is 24.4 Å². The number of hydrogen-bond donors (Lipinski definition) is 0. The van der Waals surface area contributed by atoms with Crippen LogP contribution in [0.1, 0.15) is 11.3 Å². The summed E-state index contributed by atoms with van der Waals surface area (Å²) in [5.74, 6) is 0.481. The molecule has 2 aromatic rings. The van der Waals surface area contributed by atoms with Gasteiger partial charge in [0.25, 0.3) is 0 Å². The highest BCUT2D eigenvalue weighted by Crippen LogP contribution is 2.17. The quantitative estimate of drug-likeness (QED) is 0.833. The lowest BCUT2D eigenvalue weighted by molar-refractivity contribution is 0.304. The minimum atomic E-state index is 0.287. The molecule has 0 saturated heterocycles. The van der Waals surface area contributed by atoms with Crippen LogP contribution in [0.25, 0.3) is 0 Å². The summed E-state index contributed by atoms with van der Waals surface area (Å²) in [6, 6.07) is 12.8. The zero-order valence-corrected chi connectivity index (χ0v) is 9.69. The highest BCUT2D eigenvalue weighted by atomic mass is 35.5. The number of pyridine rings is 1. The van der Waals surface area contributed by atoms with E-state index >= 15 is 0 Å². The highest BCUT2D eigenvalue weighted by Gasteiger charge is 2.03. The Hall–Kier alpha value is -2.05. The fourth-order valence-electron chi connectivity index (χ4n) is 1.38. The van der Waals surface area contributed by atoms with Crippen LogP contribution in [0.15, 0.2) is 42.6 Å². The van der Waals surface area contributed by atoms with Crippen LogP contribution in [0.3, 0.4) is 0 Å². The minimum Gasteiger partial charge on any atom is -0.486 e. The van der Waals surface area contributed by atoms with Crippen molar-refractivity contribution in [1.82, 2.24) is 4.98 Å². The lowest BCUT2D eigenvalue weighted by Crippen LogP contribution is -1.98. The zero-order valence-electron chi connectivity index (χ0n) is 8.93. The lowest BCUT2D eigenvalue weighted by Gasteiger charge is -2.07. The molecule has 1 aromatic carbocycles. The molecule has 0 spiro atoms. The Bertz CT molecular complexity index is 563. The fraction of sp³-hybridized carbons (Fsp3) is 0.0769. The third-order valence-corrected chi connectivity index (χ3v) is 2.40. The maximum Gasteiger partial charge on any atom is 0.182 e. The molecule has 0 radical (unpaired) electrons. The van der Waals surface area contributed by atoms with Crippen molar-refractivity contribution in [3.05, 3.63) is 58.9 Å². The summed E-state index contributed by atoms with van der Waals surface area (Å²) in [4.78, 5) is 3.91. The SMILES string of the molecule is N#Cc1ncccc1OCc1cccc(Cl)c1. The van der Waals surface area contributed by atoms with Crippen molar-refractivity contribution in [2.45, 2.75) is 6.61 Å². The average molecular weight is 245 g/mol. The molecule has 0 bridgehead atoms. The van der Waals surface area contributed by atoms with Gasteiger partial charge in [0.15, 0.2) is 11.4 Å². The largest absolute Gasteiger partial charge is 0.486 e. The molecule has 0 atom stereocenters. The van der Waals surface area contributed by atoms with Crippen molar-refractivity contribution in [2.75, 3.05) is 0 Å². The van der Waals surface area contributed by atoms with Crippen LogP contribution in [-0.2, 0) is 6.61 Å². The Morgan fingerprint density at radius 2 is 2.18 bits per heavy atom. The number of hydrogen-bond acceptors (Lipinski definition) is 3. The molecule has 84 valence electrons. The van der Waals surface area contributed by atoms with Crippen LogP contribution in [-0.4, -0.2) is 4.98 Å². The van der Waals surface area contributed by atoms with E-state index in [1.807, 2.05) is 24.3 Å². The molecule has 0 unspecified atom stereocenters. The van der Waals surface area contributed by atoms with Crippen molar-refractivity contribution in [2.24, 2.45) is 0 Å². The molecular weight excluding hydrogens is 236 g/mol. The Kier molecular flexibility index (Phi) is 3.59. The van der Waals surface area contributed by atoms with Crippen LogP contribution in [0.5, 0.6) is 5.75 Å². The molecule has 0 aliphatic heterocycles. The minimum absolute atomic E-state index is 0.287. The molecule has 1 aromatic heterocycles. The molecule has 0 saturated carbocycles. The summed E-state index contributed by atoms with van der Waals surface area (Å²) >= 11 is 5.86. The van der Waals surface area contributed by atoms with Crippen molar-refractivity contribution in [3.8, 4) is 11.8 Å². The van der Waals surface area contributed by atoms with Crippen molar-refractivity contribution < 1.29 is 4.74 Å². The van der Waals surface area contributed by atoms with Gasteiger partial charge in [0.1, 0.15) is 12.7 Å². The molecule has 0 amide bonds. The summed E-state index contributed by atoms with van der Waals surface area (Å²) < 4.78 is 5.53. The maximum absolute atomic E-state index is 8.85. The van der Waals surface area contributed by atoms with E-state index in [4.69, 9.17) is 21.6 Å². The van der Waals surface area contributed by atoms with Crippen molar-refractivity contribution in [1.29, 1.82) is 5.26 Å². The van der Waals surface area contributed by atoms with E-state index in [-0.39, 0.29) is 5.69 Å².